The smallest absolute Gasteiger partial charge is 0.114 e. The Balaban J connectivity index is 0.000000204. The van der Waals surface area contributed by atoms with Gasteiger partial charge in [-0.05, 0) is 57.5 Å². The van der Waals surface area contributed by atoms with Crippen molar-refractivity contribution in [3.05, 3.63) is 145 Å². The number of aryl methyl sites for hydroxylation is 1. The predicted molar refractivity (Wildman–Crippen MR) is 169 cm³/mol. The quantitative estimate of drug-likeness (QED) is 0.137. The number of rotatable bonds is 3. The Morgan fingerprint density at radius 1 is 0.610 bits per heavy atom. The van der Waals surface area contributed by atoms with Gasteiger partial charge in [-0.1, -0.05) is 79.3 Å². The molecule has 1 aliphatic rings. The van der Waals surface area contributed by atoms with Crippen LogP contribution in [0.15, 0.2) is 128 Å². The Morgan fingerprint density at radius 3 is 2.12 bits per heavy atom. The molecule has 0 fully saturated rings. The molecule has 6 aromatic rings. The van der Waals surface area contributed by atoms with Crippen LogP contribution in [0.3, 0.4) is 0 Å². The van der Waals surface area contributed by atoms with E-state index in [9.17, 15) is 0 Å². The molecular formula is C37H30IrN2Si-2. The molecule has 1 aliphatic heterocycles. The SMILES string of the molecule is C[Si]1(C)c2ccccc2-c2cccc(-c3cc[c-]c(-c4ccccn4)c3)c21.Cc1cccnc1-c1[c-]cccc1.[Ir]. The van der Waals surface area contributed by atoms with Crippen molar-refractivity contribution in [3.8, 4) is 44.8 Å². The first kappa shape index (κ1) is 28.6. The fourth-order valence-corrected chi connectivity index (χ4v) is 9.17. The molecule has 41 heavy (non-hydrogen) atoms. The Labute approximate surface area is 257 Å². The van der Waals surface area contributed by atoms with Crippen molar-refractivity contribution in [2.75, 3.05) is 0 Å². The van der Waals surface area contributed by atoms with Gasteiger partial charge in [-0.15, -0.1) is 71.3 Å². The molecule has 0 atom stereocenters. The first-order valence-corrected chi connectivity index (χ1v) is 16.6. The van der Waals surface area contributed by atoms with Crippen LogP contribution in [-0.2, 0) is 20.1 Å². The van der Waals surface area contributed by atoms with Crippen LogP contribution in [0, 0.1) is 19.1 Å². The second-order valence-corrected chi connectivity index (χ2v) is 14.8. The second-order valence-electron chi connectivity index (χ2n) is 10.5. The summed E-state index contributed by atoms with van der Waals surface area (Å²) >= 11 is 0. The Morgan fingerprint density at radius 2 is 1.34 bits per heavy atom. The average molecular weight is 723 g/mol. The fourth-order valence-electron chi connectivity index (χ4n) is 5.70. The minimum atomic E-state index is -1.73. The Hall–Kier alpha value is -3.95. The largest absolute Gasteiger partial charge is 0.305 e. The molecule has 0 saturated carbocycles. The first-order chi connectivity index (χ1) is 19.5. The van der Waals surface area contributed by atoms with Gasteiger partial charge in [0, 0.05) is 32.5 Å². The molecule has 2 aromatic heterocycles. The van der Waals surface area contributed by atoms with Crippen molar-refractivity contribution in [2.24, 2.45) is 0 Å². The van der Waals surface area contributed by atoms with E-state index in [1.807, 2.05) is 67.0 Å². The van der Waals surface area contributed by atoms with Crippen LogP contribution in [0.25, 0.3) is 44.8 Å². The molecule has 0 amide bonds. The summed E-state index contributed by atoms with van der Waals surface area (Å²) in [7, 11) is -1.73. The molecule has 0 N–H and O–H groups in total. The number of pyridine rings is 2. The predicted octanol–water partition coefficient (Wildman–Crippen LogP) is 7.87. The summed E-state index contributed by atoms with van der Waals surface area (Å²) in [6, 6.07) is 46.5. The van der Waals surface area contributed by atoms with Crippen LogP contribution in [-0.4, -0.2) is 18.0 Å². The van der Waals surface area contributed by atoms with E-state index in [2.05, 4.69) is 103 Å². The molecule has 0 spiro atoms. The zero-order chi connectivity index (χ0) is 27.5. The number of hydrogen-bond acceptors (Lipinski definition) is 2. The Kier molecular flexibility index (Phi) is 8.56. The summed E-state index contributed by atoms with van der Waals surface area (Å²) in [6.45, 7) is 7.00. The summed E-state index contributed by atoms with van der Waals surface area (Å²) < 4.78 is 0. The molecule has 7 rings (SSSR count). The summed E-state index contributed by atoms with van der Waals surface area (Å²) in [5.41, 5.74) is 10.7. The van der Waals surface area contributed by atoms with Gasteiger partial charge in [0.05, 0.1) is 0 Å². The van der Waals surface area contributed by atoms with E-state index in [4.69, 9.17) is 0 Å². The molecule has 0 saturated heterocycles. The first-order valence-electron chi connectivity index (χ1n) is 13.6. The number of aromatic nitrogens is 2. The van der Waals surface area contributed by atoms with Crippen LogP contribution in [0.4, 0.5) is 0 Å². The third kappa shape index (κ3) is 5.64. The standard InChI is InChI=1S/C25H20NSi.C12H10N.Ir/c1-27(2)24-15-4-3-11-21(24)22-13-8-12-20(25(22)27)18-9-7-10-19(17-18)23-14-5-6-16-26-23;1-10-6-5-9-13-12(10)11-7-3-2-4-8-11;/h3-9,11-17H,1-2H3;2-7,9H,1H3;/q2*-1;. The van der Waals surface area contributed by atoms with Crippen molar-refractivity contribution in [2.45, 2.75) is 20.0 Å². The minimum absolute atomic E-state index is 0. The van der Waals surface area contributed by atoms with Gasteiger partial charge in [0.1, 0.15) is 8.07 Å². The number of fused-ring (bicyclic) bond motifs is 3. The monoisotopic (exact) mass is 723 g/mol. The molecule has 1 radical (unpaired) electrons. The molecule has 0 bridgehead atoms. The van der Waals surface area contributed by atoms with Gasteiger partial charge in [-0.2, -0.15) is 0 Å². The molecule has 0 unspecified atom stereocenters. The maximum atomic E-state index is 4.49. The molecule has 2 nitrogen and oxygen atoms in total. The average Bonchev–Trinajstić information content (AvgIpc) is 3.25. The zero-order valence-corrected chi connectivity index (χ0v) is 26.7. The van der Waals surface area contributed by atoms with Gasteiger partial charge in [0.15, 0.2) is 0 Å². The normalized spacial score (nSPS) is 12.3. The molecular weight excluding hydrogens is 693 g/mol. The molecule has 0 aliphatic carbocycles. The summed E-state index contributed by atoms with van der Waals surface area (Å²) in [5.74, 6) is 0. The molecule has 4 aromatic carbocycles. The maximum absolute atomic E-state index is 4.49. The van der Waals surface area contributed by atoms with Crippen LogP contribution in [0.2, 0.25) is 13.1 Å². The van der Waals surface area contributed by atoms with E-state index in [0.717, 1.165) is 22.5 Å². The van der Waals surface area contributed by atoms with Gasteiger partial charge >= 0.3 is 0 Å². The van der Waals surface area contributed by atoms with Gasteiger partial charge < -0.3 is 9.97 Å². The van der Waals surface area contributed by atoms with E-state index in [0.29, 0.717) is 0 Å². The molecule has 3 heterocycles. The zero-order valence-electron chi connectivity index (χ0n) is 23.4. The van der Waals surface area contributed by atoms with Crippen LogP contribution >= 0.6 is 0 Å². The van der Waals surface area contributed by atoms with Gasteiger partial charge in [0.25, 0.3) is 0 Å². The summed E-state index contributed by atoms with van der Waals surface area (Å²) in [5, 5.41) is 3.09. The minimum Gasteiger partial charge on any atom is -0.305 e. The number of nitrogens with zero attached hydrogens (tertiary/aromatic N) is 2. The van der Waals surface area contributed by atoms with E-state index in [1.54, 1.807) is 10.4 Å². The maximum Gasteiger partial charge on any atom is 0.114 e. The van der Waals surface area contributed by atoms with Crippen molar-refractivity contribution >= 4 is 18.4 Å². The third-order valence-corrected chi connectivity index (χ3v) is 11.2. The molecule has 4 heteroatoms. The van der Waals surface area contributed by atoms with E-state index in [1.165, 1.54) is 27.8 Å². The van der Waals surface area contributed by atoms with Crippen molar-refractivity contribution in [1.29, 1.82) is 0 Å². The van der Waals surface area contributed by atoms with E-state index in [-0.39, 0.29) is 20.1 Å². The molecule has 203 valence electrons. The van der Waals surface area contributed by atoms with Crippen molar-refractivity contribution < 1.29 is 20.1 Å². The Bertz CT molecular complexity index is 1780. The van der Waals surface area contributed by atoms with Gasteiger partial charge in [0.2, 0.25) is 0 Å². The van der Waals surface area contributed by atoms with Crippen LogP contribution in [0.1, 0.15) is 5.56 Å². The van der Waals surface area contributed by atoms with E-state index >= 15 is 0 Å². The summed E-state index contributed by atoms with van der Waals surface area (Å²) in [4.78, 5) is 8.81. The van der Waals surface area contributed by atoms with Gasteiger partial charge in [-0.25, -0.2) is 0 Å². The number of hydrogen-bond donors (Lipinski definition) is 0. The van der Waals surface area contributed by atoms with Crippen LogP contribution < -0.4 is 10.4 Å². The van der Waals surface area contributed by atoms with E-state index < -0.39 is 8.07 Å². The topological polar surface area (TPSA) is 25.8 Å². The fraction of sp³-hybridized carbons (Fsp3) is 0.0811. The third-order valence-electron chi connectivity index (χ3n) is 7.61. The number of benzene rings is 4. The van der Waals surface area contributed by atoms with Crippen molar-refractivity contribution in [1.82, 2.24) is 9.97 Å². The van der Waals surface area contributed by atoms with Crippen LogP contribution in [0.5, 0.6) is 0 Å². The van der Waals surface area contributed by atoms with Gasteiger partial charge in [-0.3, -0.25) is 0 Å². The van der Waals surface area contributed by atoms with Crippen molar-refractivity contribution in [3.63, 3.8) is 0 Å². The second kappa shape index (κ2) is 12.3. The summed E-state index contributed by atoms with van der Waals surface area (Å²) in [6.07, 6.45) is 3.64.